The molecule has 0 unspecified atom stereocenters. The fourth-order valence-corrected chi connectivity index (χ4v) is 4.55. The molecule has 5 nitrogen and oxygen atoms in total. The predicted octanol–water partition coefficient (Wildman–Crippen LogP) is 6.33. The van der Waals surface area contributed by atoms with Gasteiger partial charge in [-0.25, -0.2) is 4.39 Å². The van der Waals surface area contributed by atoms with E-state index in [9.17, 15) is 14.0 Å². The minimum atomic E-state index is -0.592. The first-order chi connectivity index (χ1) is 17.8. The lowest BCUT2D eigenvalue weighted by Crippen LogP contribution is -2.44. The molecule has 192 valence electrons. The van der Waals surface area contributed by atoms with Crippen molar-refractivity contribution in [1.29, 1.82) is 0 Å². The molecule has 0 aliphatic carbocycles. The highest BCUT2D eigenvalue weighted by molar-refractivity contribution is 6.30. The molecule has 1 heterocycles. The van der Waals surface area contributed by atoms with Gasteiger partial charge in [0.15, 0.2) is 0 Å². The normalized spacial score (nSPS) is 11.2. The maximum absolute atomic E-state index is 14.4. The van der Waals surface area contributed by atoms with Crippen LogP contribution in [0.1, 0.15) is 35.3 Å². The summed E-state index contributed by atoms with van der Waals surface area (Å²) < 4.78 is 14.4. The van der Waals surface area contributed by atoms with Crippen molar-refractivity contribution in [3.63, 3.8) is 0 Å². The van der Waals surface area contributed by atoms with Crippen LogP contribution in [0.2, 0.25) is 5.02 Å². The smallest absolute Gasteiger partial charge is 0.257 e. The van der Waals surface area contributed by atoms with Gasteiger partial charge >= 0.3 is 0 Å². The van der Waals surface area contributed by atoms with E-state index in [1.807, 2.05) is 50.4 Å². The van der Waals surface area contributed by atoms with Gasteiger partial charge in [-0.3, -0.25) is 9.59 Å². The van der Waals surface area contributed by atoms with Gasteiger partial charge in [-0.2, -0.15) is 0 Å². The predicted molar refractivity (Wildman–Crippen MR) is 146 cm³/mol. The second kappa shape index (κ2) is 12.1. The fraction of sp³-hybridized carbons (Fsp3) is 0.267. The number of fused-ring (bicyclic) bond motifs is 1. The molecule has 1 aromatic heterocycles. The lowest BCUT2D eigenvalue weighted by molar-refractivity contribution is -0.132. The number of aromatic nitrogens is 1. The van der Waals surface area contributed by atoms with Crippen LogP contribution in [0.3, 0.4) is 0 Å². The number of para-hydroxylation sites is 1. The molecule has 0 atom stereocenters. The highest BCUT2D eigenvalue weighted by Gasteiger charge is 2.25. The first-order valence-electron chi connectivity index (χ1n) is 12.4. The van der Waals surface area contributed by atoms with E-state index in [2.05, 4.69) is 11.1 Å². The largest absolute Gasteiger partial charge is 0.361 e. The number of nitrogens with zero attached hydrogens (tertiary/aromatic N) is 2. The molecule has 3 aromatic carbocycles. The Morgan fingerprint density at radius 1 is 0.946 bits per heavy atom. The average Bonchev–Trinajstić information content (AvgIpc) is 3.30. The minimum absolute atomic E-state index is 0.0287. The van der Waals surface area contributed by atoms with E-state index >= 15 is 0 Å². The van der Waals surface area contributed by atoms with Crippen LogP contribution in [0.5, 0.6) is 0 Å². The summed E-state index contributed by atoms with van der Waals surface area (Å²) in [6.07, 6.45) is 2.62. The Labute approximate surface area is 221 Å². The zero-order valence-electron chi connectivity index (χ0n) is 21.1. The van der Waals surface area contributed by atoms with Crippen molar-refractivity contribution in [2.45, 2.75) is 26.8 Å². The van der Waals surface area contributed by atoms with Crippen LogP contribution in [-0.2, 0) is 17.8 Å². The summed E-state index contributed by atoms with van der Waals surface area (Å²) in [5, 5.41) is 1.75. The van der Waals surface area contributed by atoms with Crippen molar-refractivity contribution < 1.29 is 14.0 Å². The number of aromatic amines is 1. The van der Waals surface area contributed by atoms with Gasteiger partial charge in [0.1, 0.15) is 12.4 Å². The summed E-state index contributed by atoms with van der Waals surface area (Å²) in [6.45, 7) is 4.99. The summed E-state index contributed by atoms with van der Waals surface area (Å²) in [5.41, 5.74) is 3.07. The van der Waals surface area contributed by atoms with Crippen LogP contribution in [-0.4, -0.2) is 46.2 Å². The first kappa shape index (κ1) is 26.4. The van der Waals surface area contributed by atoms with Gasteiger partial charge in [-0.1, -0.05) is 67.9 Å². The number of carbonyl (C=O) groups excluding carboxylic acids is 2. The second-order valence-corrected chi connectivity index (χ2v) is 10.0. The van der Waals surface area contributed by atoms with Crippen LogP contribution in [0.4, 0.5) is 4.39 Å². The number of nitrogens with one attached hydrogen (secondary N) is 1. The summed E-state index contributed by atoms with van der Waals surface area (Å²) >= 11 is 6.06. The molecule has 0 aliphatic heterocycles. The number of carbonyl (C=O) groups is 2. The third-order valence-electron chi connectivity index (χ3n) is 6.27. The molecular formula is C30H31ClFN3O2. The minimum Gasteiger partial charge on any atom is -0.361 e. The average molecular weight is 520 g/mol. The van der Waals surface area contributed by atoms with Gasteiger partial charge < -0.3 is 14.8 Å². The molecule has 4 rings (SSSR count). The highest BCUT2D eigenvalue weighted by atomic mass is 35.5. The van der Waals surface area contributed by atoms with Gasteiger partial charge in [-0.05, 0) is 53.8 Å². The third kappa shape index (κ3) is 6.77. The van der Waals surface area contributed by atoms with Crippen molar-refractivity contribution in [3.8, 4) is 0 Å². The molecule has 0 bridgehead atoms. The summed E-state index contributed by atoms with van der Waals surface area (Å²) in [6, 6.07) is 21.3. The Hall–Kier alpha value is -3.64. The number of hydrogen-bond donors (Lipinski definition) is 1. The fourth-order valence-electron chi connectivity index (χ4n) is 4.42. The molecule has 0 spiro atoms. The monoisotopic (exact) mass is 519 g/mol. The van der Waals surface area contributed by atoms with Gasteiger partial charge in [0.2, 0.25) is 5.91 Å². The van der Waals surface area contributed by atoms with Gasteiger partial charge in [0, 0.05) is 41.8 Å². The Balaban J connectivity index is 1.56. The molecule has 2 amide bonds. The van der Waals surface area contributed by atoms with E-state index in [0.29, 0.717) is 31.1 Å². The van der Waals surface area contributed by atoms with Crippen LogP contribution in [0.25, 0.3) is 10.9 Å². The molecular weight excluding hydrogens is 489 g/mol. The zero-order chi connectivity index (χ0) is 26.4. The third-order valence-corrected chi connectivity index (χ3v) is 6.52. The number of hydrogen-bond acceptors (Lipinski definition) is 2. The second-order valence-electron chi connectivity index (χ2n) is 9.61. The zero-order valence-corrected chi connectivity index (χ0v) is 21.8. The maximum Gasteiger partial charge on any atom is 0.257 e. The number of H-pyrrole nitrogens is 1. The Bertz CT molecular complexity index is 1370. The van der Waals surface area contributed by atoms with E-state index < -0.39 is 11.7 Å². The molecule has 0 fully saturated rings. The van der Waals surface area contributed by atoms with E-state index in [-0.39, 0.29) is 23.9 Å². The Morgan fingerprint density at radius 3 is 2.38 bits per heavy atom. The van der Waals surface area contributed by atoms with Crippen molar-refractivity contribution in [1.82, 2.24) is 14.8 Å². The van der Waals surface area contributed by atoms with E-state index in [4.69, 9.17) is 11.6 Å². The Morgan fingerprint density at radius 2 is 1.65 bits per heavy atom. The topological polar surface area (TPSA) is 56.4 Å². The van der Waals surface area contributed by atoms with E-state index in [0.717, 1.165) is 22.0 Å². The van der Waals surface area contributed by atoms with Crippen LogP contribution in [0, 0.1) is 11.7 Å². The summed E-state index contributed by atoms with van der Waals surface area (Å²) in [5.74, 6) is -1.16. The number of halogens is 2. The van der Waals surface area contributed by atoms with Gasteiger partial charge in [0.25, 0.3) is 5.91 Å². The molecule has 1 N–H and O–H groups in total. The van der Waals surface area contributed by atoms with Crippen LogP contribution in [0.15, 0.2) is 79.0 Å². The molecule has 7 heteroatoms. The van der Waals surface area contributed by atoms with Crippen molar-refractivity contribution in [2.75, 3.05) is 19.6 Å². The van der Waals surface area contributed by atoms with Crippen molar-refractivity contribution in [3.05, 3.63) is 107 Å². The van der Waals surface area contributed by atoms with Crippen LogP contribution < -0.4 is 0 Å². The Kier molecular flexibility index (Phi) is 8.62. The molecule has 0 saturated heterocycles. The molecule has 4 aromatic rings. The summed E-state index contributed by atoms with van der Waals surface area (Å²) in [4.78, 5) is 33.4. The summed E-state index contributed by atoms with van der Waals surface area (Å²) in [7, 11) is 0. The molecule has 37 heavy (non-hydrogen) atoms. The molecule has 0 aliphatic rings. The van der Waals surface area contributed by atoms with E-state index in [1.165, 1.54) is 17.0 Å². The van der Waals surface area contributed by atoms with Crippen molar-refractivity contribution >= 4 is 34.3 Å². The number of benzene rings is 3. The van der Waals surface area contributed by atoms with E-state index in [1.54, 1.807) is 29.2 Å². The van der Waals surface area contributed by atoms with Gasteiger partial charge in [0.05, 0.1) is 5.56 Å². The van der Waals surface area contributed by atoms with Gasteiger partial charge in [-0.15, -0.1) is 0 Å². The lowest BCUT2D eigenvalue weighted by Gasteiger charge is -2.29. The SMILES string of the molecule is CC(C)CN(CC(=O)N(CCc1c[nH]c2ccccc12)Cc1ccc(Cl)cc1)C(=O)c1ccccc1F. The quantitative estimate of drug-likeness (QED) is 0.266. The maximum atomic E-state index is 14.4. The molecule has 0 saturated carbocycles. The van der Waals surface area contributed by atoms with Crippen molar-refractivity contribution in [2.24, 2.45) is 5.92 Å². The molecule has 0 radical (unpaired) electrons. The number of rotatable bonds is 10. The lowest BCUT2D eigenvalue weighted by atomic mass is 10.1. The highest BCUT2D eigenvalue weighted by Crippen LogP contribution is 2.20. The van der Waals surface area contributed by atoms with Crippen LogP contribution >= 0.6 is 11.6 Å². The first-order valence-corrected chi connectivity index (χ1v) is 12.8. The number of amides is 2. The standard InChI is InChI=1S/C30H31ClFN3O2/c1-21(2)18-35(30(37)26-8-3-5-9-27(26)32)20-29(36)34(19-22-11-13-24(31)14-12-22)16-15-23-17-33-28-10-6-4-7-25(23)28/h3-14,17,21,33H,15-16,18-20H2,1-2H3.